The molecule has 1 aromatic carbocycles. The van der Waals surface area contributed by atoms with Gasteiger partial charge < -0.3 is 10.2 Å². The van der Waals surface area contributed by atoms with Gasteiger partial charge in [0.05, 0.1) is 6.21 Å². The molecule has 1 aliphatic carbocycles. The molecule has 1 saturated carbocycles. The van der Waals surface area contributed by atoms with Gasteiger partial charge in [-0.1, -0.05) is 19.1 Å². The summed E-state index contributed by atoms with van der Waals surface area (Å²) in [6.45, 7) is 4.41. The Kier molecular flexibility index (Phi) is 4.89. The number of carbonyl (C=O) groups excluding carboxylic acids is 2. The van der Waals surface area contributed by atoms with Gasteiger partial charge in [-0.15, -0.1) is 5.01 Å². The van der Waals surface area contributed by atoms with Crippen LogP contribution in [0.1, 0.15) is 57.4 Å². The van der Waals surface area contributed by atoms with Crippen LogP contribution in [0.5, 0.6) is 0 Å². The number of imide groups is 1. The summed E-state index contributed by atoms with van der Waals surface area (Å²) in [6, 6.07) is 7.75. The second-order valence-corrected chi connectivity index (χ2v) is 8.20. The van der Waals surface area contributed by atoms with Crippen molar-refractivity contribution >= 4 is 23.8 Å². The van der Waals surface area contributed by atoms with Gasteiger partial charge in [0.2, 0.25) is 0 Å². The summed E-state index contributed by atoms with van der Waals surface area (Å²) in [5, 5.41) is 8.10. The average molecular weight is 368 g/mol. The molecule has 6 heteroatoms. The molecular formula is C21H28N4O2. The number of rotatable bonds is 3. The normalized spacial score (nSPS) is 29.0. The number of nitrogens with one attached hydrogen (secondary N) is 1. The van der Waals surface area contributed by atoms with Gasteiger partial charge >= 0.3 is 6.03 Å². The van der Waals surface area contributed by atoms with Crippen LogP contribution < -0.4 is 10.2 Å². The predicted octanol–water partition coefficient (Wildman–Crippen LogP) is 3.51. The Morgan fingerprint density at radius 3 is 2.41 bits per heavy atom. The van der Waals surface area contributed by atoms with E-state index < -0.39 is 11.6 Å². The van der Waals surface area contributed by atoms with Crippen LogP contribution in [0.3, 0.4) is 0 Å². The monoisotopic (exact) mass is 368 g/mol. The molecular weight excluding hydrogens is 340 g/mol. The van der Waals surface area contributed by atoms with Crippen molar-refractivity contribution in [2.75, 3.05) is 18.0 Å². The minimum atomic E-state index is -0.737. The highest BCUT2D eigenvalue weighted by Gasteiger charge is 2.52. The van der Waals surface area contributed by atoms with E-state index in [-0.39, 0.29) is 5.91 Å². The van der Waals surface area contributed by atoms with Crippen LogP contribution in [0, 0.1) is 5.92 Å². The number of hydrogen-bond donors (Lipinski definition) is 1. The molecule has 2 aliphatic heterocycles. The number of hydrazone groups is 1. The zero-order valence-corrected chi connectivity index (χ0v) is 16.0. The smallest absolute Gasteiger partial charge is 0.346 e. The van der Waals surface area contributed by atoms with E-state index in [0.29, 0.717) is 18.8 Å². The molecule has 1 N–H and O–H groups in total. The van der Waals surface area contributed by atoms with Crippen molar-refractivity contribution in [3.8, 4) is 0 Å². The van der Waals surface area contributed by atoms with Crippen molar-refractivity contribution in [3.05, 3.63) is 29.8 Å². The third-order valence-electron chi connectivity index (χ3n) is 6.20. The lowest BCUT2D eigenvalue weighted by Crippen LogP contribution is -2.49. The summed E-state index contributed by atoms with van der Waals surface area (Å²) in [5.74, 6) is 0.400. The van der Waals surface area contributed by atoms with Gasteiger partial charge in [-0.2, -0.15) is 5.10 Å². The fraction of sp³-hybridized carbons (Fsp3) is 0.571. The maximum Gasteiger partial charge on any atom is 0.346 e. The number of carbonyl (C=O) groups is 2. The van der Waals surface area contributed by atoms with Gasteiger partial charge in [-0.05, 0) is 68.6 Å². The lowest BCUT2D eigenvalue weighted by Gasteiger charge is -2.33. The fourth-order valence-corrected chi connectivity index (χ4v) is 4.35. The van der Waals surface area contributed by atoms with E-state index in [1.165, 1.54) is 24.9 Å². The third kappa shape index (κ3) is 3.57. The molecule has 1 aromatic rings. The molecule has 0 unspecified atom stereocenters. The summed E-state index contributed by atoms with van der Waals surface area (Å²) in [6.07, 6.45) is 8.73. The van der Waals surface area contributed by atoms with Gasteiger partial charge in [-0.25, -0.2) is 4.79 Å². The van der Waals surface area contributed by atoms with Gasteiger partial charge in [0.1, 0.15) is 5.54 Å². The predicted molar refractivity (Wildman–Crippen MR) is 106 cm³/mol. The molecule has 0 bridgehead atoms. The summed E-state index contributed by atoms with van der Waals surface area (Å²) in [7, 11) is 0. The molecule has 3 aliphatic rings. The maximum absolute atomic E-state index is 12.8. The maximum atomic E-state index is 12.8. The van der Waals surface area contributed by atoms with E-state index in [4.69, 9.17) is 0 Å². The van der Waals surface area contributed by atoms with Crippen molar-refractivity contribution in [1.29, 1.82) is 0 Å². The average Bonchev–Trinajstić information content (AvgIpc) is 2.93. The number of urea groups is 1. The number of anilines is 1. The molecule has 0 radical (unpaired) electrons. The molecule has 2 heterocycles. The second kappa shape index (κ2) is 7.33. The SMILES string of the molecule is CC1CCC2(CC1)NC(=O)N(/N=C\c1ccc(N3CCCCC3)cc1)C2=O. The zero-order valence-electron chi connectivity index (χ0n) is 16.0. The first-order valence-corrected chi connectivity index (χ1v) is 10.1. The van der Waals surface area contributed by atoms with Crippen molar-refractivity contribution in [2.24, 2.45) is 11.0 Å². The highest BCUT2D eigenvalue weighted by molar-refractivity contribution is 6.07. The van der Waals surface area contributed by atoms with Crippen molar-refractivity contribution in [3.63, 3.8) is 0 Å². The van der Waals surface area contributed by atoms with Crippen LogP contribution >= 0.6 is 0 Å². The highest BCUT2D eigenvalue weighted by Crippen LogP contribution is 2.36. The highest BCUT2D eigenvalue weighted by atomic mass is 16.2. The Balaban J connectivity index is 1.43. The van der Waals surface area contributed by atoms with Gasteiger partial charge in [0.25, 0.3) is 5.91 Å². The molecule has 1 spiro atoms. The Morgan fingerprint density at radius 1 is 1.07 bits per heavy atom. The van der Waals surface area contributed by atoms with Gasteiger partial charge in [0.15, 0.2) is 0 Å². The molecule has 3 fully saturated rings. The van der Waals surface area contributed by atoms with Gasteiger partial charge in [-0.3, -0.25) is 4.79 Å². The largest absolute Gasteiger partial charge is 0.372 e. The first-order chi connectivity index (χ1) is 13.1. The first kappa shape index (κ1) is 18.0. The van der Waals surface area contributed by atoms with Crippen LogP contribution in [0.15, 0.2) is 29.4 Å². The van der Waals surface area contributed by atoms with Crippen LogP contribution in [-0.4, -0.2) is 41.8 Å². The molecule has 27 heavy (non-hydrogen) atoms. The second-order valence-electron chi connectivity index (χ2n) is 8.20. The Morgan fingerprint density at radius 2 is 1.74 bits per heavy atom. The zero-order chi connectivity index (χ0) is 18.9. The van der Waals surface area contributed by atoms with Crippen LogP contribution in [-0.2, 0) is 4.79 Å². The lowest BCUT2D eigenvalue weighted by molar-refractivity contribution is -0.132. The summed E-state index contributed by atoms with van der Waals surface area (Å²) in [4.78, 5) is 27.5. The molecule has 4 rings (SSSR count). The topological polar surface area (TPSA) is 65.0 Å². The lowest BCUT2D eigenvalue weighted by atomic mass is 9.77. The summed E-state index contributed by atoms with van der Waals surface area (Å²) < 4.78 is 0. The van der Waals surface area contributed by atoms with E-state index >= 15 is 0 Å². The first-order valence-electron chi connectivity index (χ1n) is 10.1. The Hall–Kier alpha value is -2.37. The van der Waals surface area contributed by atoms with Crippen LogP contribution in [0.4, 0.5) is 10.5 Å². The standard InChI is InChI=1S/C21H28N4O2/c1-16-9-11-21(12-10-16)19(26)25(20(27)23-21)22-15-17-5-7-18(8-6-17)24-13-3-2-4-14-24/h5-8,15-16H,2-4,9-14H2,1H3,(H,23,27)/b22-15-. The number of piperidine rings is 1. The Bertz CT molecular complexity index is 729. The minimum Gasteiger partial charge on any atom is -0.372 e. The van der Waals surface area contributed by atoms with Crippen LogP contribution in [0.2, 0.25) is 0 Å². The Labute approximate surface area is 160 Å². The fourth-order valence-electron chi connectivity index (χ4n) is 4.35. The molecule has 3 amide bonds. The minimum absolute atomic E-state index is 0.208. The van der Waals surface area contributed by atoms with E-state index in [0.717, 1.165) is 36.5 Å². The van der Waals surface area contributed by atoms with E-state index in [2.05, 4.69) is 34.4 Å². The van der Waals surface area contributed by atoms with Crippen molar-refractivity contribution in [2.45, 2.75) is 57.4 Å². The number of hydrogen-bond acceptors (Lipinski definition) is 4. The van der Waals surface area contributed by atoms with Gasteiger partial charge in [0, 0.05) is 18.8 Å². The summed E-state index contributed by atoms with van der Waals surface area (Å²) >= 11 is 0. The molecule has 2 saturated heterocycles. The van der Waals surface area contributed by atoms with Crippen LogP contribution in [0.25, 0.3) is 0 Å². The third-order valence-corrected chi connectivity index (χ3v) is 6.20. The quantitative estimate of drug-likeness (QED) is 0.656. The van der Waals surface area contributed by atoms with E-state index in [9.17, 15) is 9.59 Å². The van der Waals surface area contributed by atoms with Crippen molar-refractivity contribution in [1.82, 2.24) is 10.3 Å². The molecule has 144 valence electrons. The number of nitrogens with zero attached hydrogens (tertiary/aromatic N) is 3. The number of benzene rings is 1. The molecule has 0 atom stereocenters. The molecule has 0 aromatic heterocycles. The van der Waals surface area contributed by atoms with Crippen molar-refractivity contribution < 1.29 is 9.59 Å². The number of amides is 3. The van der Waals surface area contributed by atoms with E-state index in [1.807, 2.05) is 12.1 Å². The van der Waals surface area contributed by atoms with E-state index in [1.54, 1.807) is 6.21 Å². The molecule has 6 nitrogen and oxygen atoms in total. The summed E-state index contributed by atoms with van der Waals surface area (Å²) in [5.41, 5.74) is 1.37.